The number of esters is 1. The lowest BCUT2D eigenvalue weighted by Crippen LogP contribution is -2.29. The van der Waals surface area contributed by atoms with E-state index in [1.807, 2.05) is 6.92 Å². The highest BCUT2D eigenvalue weighted by molar-refractivity contribution is 5.81. The van der Waals surface area contributed by atoms with Gasteiger partial charge in [0, 0.05) is 6.08 Å². The maximum atomic E-state index is 11.6. The van der Waals surface area contributed by atoms with E-state index in [4.69, 9.17) is 9.47 Å². The largest absolute Gasteiger partial charge is 0.497 e. The number of carbonyl (C=O) groups excluding carboxylic acids is 1. The second-order valence-electron chi connectivity index (χ2n) is 7.86. The van der Waals surface area contributed by atoms with Crippen LogP contribution in [0.3, 0.4) is 0 Å². The first-order chi connectivity index (χ1) is 12.7. The zero-order chi connectivity index (χ0) is 18.4. The molecule has 0 radical (unpaired) electrons. The van der Waals surface area contributed by atoms with Crippen LogP contribution in [0.5, 0.6) is 5.75 Å². The maximum absolute atomic E-state index is 11.6. The van der Waals surface area contributed by atoms with Crippen LogP contribution < -0.4 is 4.74 Å². The minimum absolute atomic E-state index is 0.130. The molecule has 2 aliphatic carbocycles. The average molecular weight is 357 g/mol. The molecule has 2 aliphatic rings. The standard InChI is InChI=1S/C23H32O3/c1-3-4-23(24)26-22-15-11-20(12-16-22)18-7-5-17(6-8-18)19-9-13-21(25-2)14-10-19/h3-4,9-10,13-14,17-18,20,22H,5-8,11-12,15-16H2,1-2H3/b4-3+. The van der Waals surface area contributed by atoms with Crippen LogP contribution in [0.15, 0.2) is 36.4 Å². The molecule has 1 aromatic carbocycles. The van der Waals surface area contributed by atoms with Crippen LogP contribution in [0, 0.1) is 11.8 Å². The third kappa shape index (κ3) is 4.90. The molecule has 3 rings (SSSR count). The van der Waals surface area contributed by atoms with Crippen molar-refractivity contribution in [3.8, 4) is 5.75 Å². The van der Waals surface area contributed by atoms with E-state index in [0.29, 0.717) is 5.92 Å². The van der Waals surface area contributed by atoms with Gasteiger partial charge in [-0.25, -0.2) is 4.79 Å². The summed E-state index contributed by atoms with van der Waals surface area (Å²) in [6.45, 7) is 1.85. The number of hydrogen-bond donors (Lipinski definition) is 0. The Labute approximate surface area is 157 Å². The van der Waals surface area contributed by atoms with Crippen molar-refractivity contribution in [3.05, 3.63) is 42.0 Å². The van der Waals surface area contributed by atoms with Crippen LogP contribution >= 0.6 is 0 Å². The highest BCUT2D eigenvalue weighted by Gasteiger charge is 2.32. The average Bonchev–Trinajstić information content (AvgIpc) is 2.69. The van der Waals surface area contributed by atoms with Crippen molar-refractivity contribution in [2.45, 2.75) is 70.3 Å². The highest BCUT2D eigenvalue weighted by atomic mass is 16.5. The van der Waals surface area contributed by atoms with Gasteiger partial charge in [-0.15, -0.1) is 0 Å². The lowest BCUT2D eigenvalue weighted by molar-refractivity contribution is -0.145. The molecular weight excluding hydrogens is 324 g/mol. The lowest BCUT2D eigenvalue weighted by atomic mass is 9.69. The molecule has 3 heteroatoms. The van der Waals surface area contributed by atoms with E-state index in [1.54, 1.807) is 13.2 Å². The molecule has 0 saturated heterocycles. The molecule has 2 saturated carbocycles. The number of hydrogen-bond acceptors (Lipinski definition) is 3. The van der Waals surface area contributed by atoms with Crippen molar-refractivity contribution in [1.82, 2.24) is 0 Å². The monoisotopic (exact) mass is 356 g/mol. The number of rotatable bonds is 5. The number of allylic oxidation sites excluding steroid dienone is 1. The van der Waals surface area contributed by atoms with Crippen LogP contribution in [0.2, 0.25) is 0 Å². The molecule has 0 atom stereocenters. The molecule has 0 unspecified atom stereocenters. The van der Waals surface area contributed by atoms with Crippen molar-refractivity contribution in [2.24, 2.45) is 11.8 Å². The topological polar surface area (TPSA) is 35.5 Å². The molecule has 142 valence electrons. The van der Waals surface area contributed by atoms with Gasteiger partial charge in [-0.2, -0.15) is 0 Å². The lowest BCUT2D eigenvalue weighted by Gasteiger charge is -2.37. The molecule has 3 nitrogen and oxygen atoms in total. The molecule has 0 aromatic heterocycles. The molecule has 1 aromatic rings. The summed E-state index contributed by atoms with van der Waals surface area (Å²) in [6.07, 6.45) is 13.2. The summed E-state index contributed by atoms with van der Waals surface area (Å²) in [7, 11) is 1.72. The first-order valence-electron chi connectivity index (χ1n) is 10.2. The number of methoxy groups -OCH3 is 1. The Balaban J connectivity index is 1.43. The van der Waals surface area contributed by atoms with Gasteiger partial charge in [0.15, 0.2) is 0 Å². The first kappa shape index (κ1) is 19.0. The molecule has 0 bridgehead atoms. The van der Waals surface area contributed by atoms with E-state index < -0.39 is 0 Å². The minimum atomic E-state index is -0.184. The minimum Gasteiger partial charge on any atom is -0.497 e. The van der Waals surface area contributed by atoms with Gasteiger partial charge in [-0.3, -0.25) is 0 Å². The summed E-state index contributed by atoms with van der Waals surface area (Å²) in [5.74, 6) is 3.14. The third-order valence-electron chi connectivity index (χ3n) is 6.33. The molecule has 0 amide bonds. The van der Waals surface area contributed by atoms with E-state index >= 15 is 0 Å². The zero-order valence-corrected chi connectivity index (χ0v) is 16.2. The van der Waals surface area contributed by atoms with Gasteiger partial charge in [0.1, 0.15) is 11.9 Å². The summed E-state index contributed by atoms with van der Waals surface area (Å²) >= 11 is 0. The fourth-order valence-corrected chi connectivity index (χ4v) is 4.82. The van der Waals surface area contributed by atoms with E-state index in [-0.39, 0.29) is 12.1 Å². The summed E-state index contributed by atoms with van der Waals surface area (Å²) < 4.78 is 10.8. The number of carbonyl (C=O) groups is 1. The third-order valence-corrected chi connectivity index (χ3v) is 6.33. The van der Waals surface area contributed by atoms with Crippen LogP contribution in [-0.4, -0.2) is 19.2 Å². The summed E-state index contributed by atoms with van der Waals surface area (Å²) in [5.41, 5.74) is 1.46. The Morgan fingerprint density at radius 1 is 0.923 bits per heavy atom. The summed E-state index contributed by atoms with van der Waals surface area (Å²) in [4.78, 5) is 11.6. The molecular formula is C23H32O3. The predicted octanol–water partition coefficient (Wildman–Crippen LogP) is 5.65. The van der Waals surface area contributed by atoms with Crippen molar-refractivity contribution in [3.63, 3.8) is 0 Å². The Hall–Kier alpha value is -1.77. The van der Waals surface area contributed by atoms with Crippen molar-refractivity contribution >= 4 is 5.97 Å². The van der Waals surface area contributed by atoms with Gasteiger partial charge in [0.05, 0.1) is 7.11 Å². The predicted molar refractivity (Wildman–Crippen MR) is 104 cm³/mol. The van der Waals surface area contributed by atoms with Gasteiger partial charge >= 0.3 is 5.97 Å². The van der Waals surface area contributed by atoms with E-state index in [1.165, 1.54) is 50.2 Å². The van der Waals surface area contributed by atoms with Gasteiger partial charge in [0.2, 0.25) is 0 Å². The van der Waals surface area contributed by atoms with Crippen molar-refractivity contribution < 1.29 is 14.3 Å². The maximum Gasteiger partial charge on any atom is 0.330 e. The quantitative estimate of drug-likeness (QED) is 0.505. The second-order valence-corrected chi connectivity index (χ2v) is 7.86. The van der Waals surface area contributed by atoms with Gasteiger partial charge in [-0.1, -0.05) is 18.2 Å². The molecule has 0 spiro atoms. The SMILES string of the molecule is C/C=C/C(=O)OC1CCC(C2CCC(c3ccc(OC)cc3)CC2)CC1. The number of ether oxygens (including phenoxy) is 2. The van der Waals surface area contributed by atoms with Crippen molar-refractivity contribution in [2.75, 3.05) is 7.11 Å². The Bertz CT molecular complexity index is 588. The molecule has 2 fully saturated rings. The van der Waals surface area contributed by atoms with E-state index in [0.717, 1.165) is 30.4 Å². The zero-order valence-electron chi connectivity index (χ0n) is 16.2. The fourth-order valence-electron chi connectivity index (χ4n) is 4.82. The smallest absolute Gasteiger partial charge is 0.330 e. The van der Waals surface area contributed by atoms with Crippen LogP contribution in [-0.2, 0) is 9.53 Å². The Morgan fingerprint density at radius 2 is 1.50 bits per heavy atom. The highest BCUT2D eigenvalue weighted by Crippen LogP contribution is 2.43. The van der Waals surface area contributed by atoms with Crippen LogP contribution in [0.4, 0.5) is 0 Å². The van der Waals surface area contributed by atoms with Crippen molar-refractivity contribution in [1.29, 1.82) is 0 Å². The molecule has 0 aliphatic heterocycles. The van der Waals surface area contributed by atoms with Gasteiger partial charge in [-0.05, 0) is 93.7 Å². The van der Waals surface area contributed by atoms with Crippen LogP contribution in [0.1, 0.15) is 69.8 Å². The fraction of sp³-hybridized carbons (Fsp3) is 0.609. The molecule has 0 heterocycles. The molecule has 0 N–H and O–H groups in total. The Kier molecular flexibility index (Phi) is 6.76. The van der Waals surface area contributed by atoms with Crippen LogP contribution in [0.25, 0.3) is 0 Å². The van der Waals surface area contributed by atoms with Gasteiger partial charge in [0.25, 0.3) is 0 Å². The normalized spacial score (nSPS) is 29.5. The molecule has 26 heavy (non-hydrogen) atoms. The summed E-state index contributed by atoms with van der Waals surface area (Å²) in [5, 5.41) is 0. The van der Waals surface area contributed by atoms with E-state index in [9.17, 15) is 4.79 Å². The van der Waals surface area contributed by atoms with E-state index in [2.05, 4.69) is 24.3 Å². The second kappa shape index (κ2) is 9.25. The number of benzene rings is 1. The Morgan fingerprint density at radius 3 is 2.04 bits per heavy atom. The first-order valence-corrected chi connectivity index (χ1v) is 10.2. The van der Waals surface area contributed by atoms with Gasteiger partial charge < -0.3 is 9.47 Å². The summed E-state index contributed by atoms with van der Waals surface area (Å²) in [6, 6.07) is 8.62.